The highest BCUT2D eigenvalue weighted by Crippen LogP contribution is 2.33. The first-order valence-corrected chi connectivity index (χ1v) is 11.4. The molecule has 0 spiro atoms. The van der Waals surface area contributed by atoms with Gasteiger partial charge in [-0.3, -0.25) is 10.4 Å². The maximum Gasteiger partial charge on any atom is 0.416 e. The maximum absolute atomic E-state index is 13.2. The molecule has 1 N–H and O–H groups in total. The summed E-state index contributed by atoms with van der Waals surface area (Å²) in [7, 11) is 0. The molecule has 2 rings (SSSR count). The SMILES string of the molecule is CC.CC.CC.CC(C)OC(=O)/C=C\N1CN=C(c2cc(OC(C)C)cc(C(F)(F)F)c2)N1. The monoisotopic (exact) mass is 475 g/mol. The van der Waals surface area contributed by atoms with Crippen molar-refractivity contribution in [1.82, 2.24) is 10.4 Å². The number of nitrogens with zero attached hydrogens (tertiary/aromatic N) is 2. The number of amidine groups is 1. The minimum absolute atomic E-state index is 0.105. The first-order chi connectivity index (χ1) is 15.5. The number of alkyl halides is 3. The Balaban J connectivity index is 0. The number of hydrogen-bond donors (Lipinski definition) is 1. The van der Waals surface area contributed by atoms with Gasteiger partial charge in [-0.05, 0) is 45.9 Å². The lowest BCUT2D eigenvalue weighted by Gasteiger charge is -2.17. The predicted octanol–water partition coefficient (Wildman–Crippen LogP) is 6.56. The number of rotatable bonds is 6. The average Bonchev–Trinajstić information content (AvgIpc) is 3.24. The van der Waals surface area contributed by atoms with Crippen LogP contribution < -0.4 is 10.2 Å². The second kappa shape index (κ2) is 16.9. The fourth-order valence-electron chi connectivity index (χ4n) is 2.26. The highest BCUT2D eigenvalue weighted by molar-refractivity contribution is 6.00. The van der Waals surface area contributed by atoms with Crippen LogP contribution in [0.25, 0.3) is 0 Å². The van der Waals surface area contributed by atoms with Crippen molar-refractivity contribution in [2.24, 2.45) is 4.99 Å². The van der Waals surface area contributed by atoms with E-state index in [1.165, 1.54) is 23.4 Å². The Hall–Kier alpha value is -2.71. The summed E-state index contributed by atoms with van der Waals surface area (Å²) in [5.74, 6) is -0.169. The van der Waals surface area contributed by atoms with Crippen molar-refractivity contribution < 1.29 is 27.4 Å². The summed E-state index contributed by atoms with van der Waals surface area (Å²) in [6.45, 7) is 19.1. The van der Waals surface area contributed by atoms with Gasteiger partial charge < -0.3 is 9.47 Å². The summed E-state index contributed by atoms with van der Waals surface area (Å²) in [4.78, 5) is 15.7. The summed E-state index contributed by atoms with van der Waals surface area (Å²) in [5.41, 5.74) is 2.25. The van der Waals surface area contributed by atoms with Crippen LogP contribution in [-0.4, -0.2) is 35.7 Å². The van der Waals surface area contributed by atoms with E-state index in [2.05, 4.69) is 10.4 Å². The van der Waals surface area contributed by atoms with E-state index in [9.17, 15) is 18.0 Å². The molecule has 1 aromatic rings. The van der Waals surface area contributed by atoms with E-state index in [0.717, 1.165) is 12.1 Å². The Morgan fingerprint density at radius 2 is 1.61 bits per heavy atom. The molecule has 0 aromatic heterocycles. The molecular weight excluding hydrogens is 435 g/mol. The second-order valence-electron chi connectivity index (χ2n) is 6.44. The lowest BCUT2D eigenvalue weighted by Crippen LogP contribution is -2.32. The fraction of sp³-hybridized carbons (Fsp3) is 0.583. The van der Waals surface area contributed by atoms with Gasteiger partial charge in [-0.1, -0.05) is 41.5 Å². The third-order valence-electron chi connectivity index (χ3n) is 3.25. The molecule has 0 saturated heterocycles. The molecule has 33 heavy (non-hydrogen) atoms. The first-order valence-electron chi connectivity index (χ1n) is 11.4. The van der Waals surface area contributed by atoms with Gasteiger partial charge in [-0.2, -0.15) is 13.2 Å². The number of hydrazine groups is 1. The molecule has 1 aliphatic rings. The number of aliphatic imine (C=N–C) groups is 1. The van der Waals surface area contributed by atoms with Gasteiger partial charge in [0.2, 0.25) is 0 Å². The van der Waals surface area contributed by atoms with Crippen molar-refractivity contribution in [2.45, 2.75) is 87.6 Å². The van der Waals surface area contributed by atoms with E-state index in [1.54, 1.807) is 27.7 Å². The summed E-state index contributed by atoms with van der Waals surface area (Å²) in [5, 5.41) is 1.46. The lowest BCUT2D eigenvalue weighted by atomic mass is 10.1. The van der Waals surface area contributed by atoms with Crippen LogP contribution >= 0.6 is 0 Å². The van der Waals surface area contributed by atoms with Crippen LogP contribution in [0.2, 0.25) is 0 Å². The van der Waals surface area contributed by atoms with E-state index in [-0.39, 0.29) is 36.0 Å². The highest BCUT2D eigenvalue weighted by atomic mass is 19.4. The molecule has 0 atom stereocenters. The van der Waals surface area contributed by atoms with E-state index < -0.39 is 17.7 Å². The molecule has 0 fully saturated rings. The molecule has 1 aliphatic heterocycles. The molecule has 9 heteroatoms. The Bertz CT molecular complexity index is 746. The summed E-state index contributed by atoms with van der Waals surface area (Å²) in [6.07, 6.45) is -2.40. The van der Waals surface area contributed by atoms with Crippen LogP contribution in [0.4, 0.5) is 13.2 Å². The molecule has 0 amide bonds. The van der Waals surface area contributed by atoms with Crippen LogP contribution in [0.1, 0.15) is 80.4 Å². The zero-order valence-electron chi connectivity index (χ0n) is 21.5. The minimum Gasteiger partial charge on any atom is -0.491 e. The van der Waals surface area contributed by atoms with Crippen molar-refractivity contribution in [3.05, 3.63) is 41.6 Å². The van der Waals surface area contributed by atoms with Gasteiger partial charge in [0.1, 0.15) is 18.3 Å². The number of carbonyl (C=O) groups is 1. The number of halogens is 3. The van der Waals surface area contributed by atoms with Crippen LogP contribution in [-0.2, 0) is 15.7 Å². The zero-order chi connectivity index (χ0) is 26.2. The molecule has 0 saturated carbocycles. The van der Waals surface area contributed by atoms with Gasteiger partial charge in [0.05, 0.1) is 17.8 Å². The first kappa shape index (κ1) is 32.5. The smallest absolute Gasteiger partial charge is 0.416 e. The Labute approximate surface area is 196 Å². The third-order valence-corrected chi connectivity index (χ3v) is 3.25. The standard InChI is InChI=1S/C18H22F3N3O3.3C2H6/c1-11(2)26-15-8-13(7-14(9-15)18(19,20)21)17-22-10-24(23-17)6-5-16(25)27-12(3)4;3*1-2/h5-9,11-12H,10H2,1-4H3,(H,22,23);3*1-2H3/b6-5-;;;. The molecule has 0 unspecified atom stereocenters. The number of carbonyl (C=O) groups excluding carboxylic acids is 1. The van der Waals surface area contributed by atoms with Crippen LogP contribution in [0.15, 0.2) is 35.5 Å². The van der Waals surface area contributed by atoms with Gasteiger partial charge in [0.15, 0.2) is 0 Å². The number of esters is 1. The van der Waals surface area contributed by atoms with Crippen molar-refractivity contribution in [1.29, 1.82) is 0 Å². The largest absolute Gasteiger partial charge is 0.491 e. The van der Waals surface area contributed by atoms with E-state index in [0.29, 0.717) is 0 Å². The van der Waals surface area contributed by atoms with Gasteiger partial charge in [-0.15, -0.1) is 0 Å². The fourth-order valence-corrected chi connectivity index (χ4v) is 2.26. The minimum atomic E-state index is -4.51. The molecule has 1 heterocycles. The Morgan fingerprint density at radius 3 is 2.09 bits per heavy atom. The van der Waals surface area contributed by atoms with Crippen molar-refractivity contribution in [2.75, 3.05) is 6.67 Å². The average molecular weight is 476 g/mol. The summed E-state index contributed by atoms with van der Waals surface area (Å²) in [6, 6.07) is 3.44. The van der Waals surface area contributed by atoms with E-state index in [1.807, 2.05) is 41.5 Å². The quantitative estimate of drug-likeness (QED) is 0.373. The van der Waals surface area contributed by atoms with Gasteiger partial charge in [0.25, 0.3) is 0 Å². The molecule has 0 radical (unpaired) electrons. The second-order valence-corrected chi connectivity index (χ2v) is 6.44. The number of ether oxygens (including phenoxy) is 2. The van der Waals surface area contributed by atoms with Gasteiger partial charge in [-0.25, -0.2) is 9.79 Å². The number of hydrogen-bond acceptors (Lipinski definition) is 6. The summed E-state index contributed by atoms with van der Waals surface area (Å²) >= 11 is 0. The van der Waals surface area contributed by atoms with Gasteiger partial charge >= 0.3 is 12.1 Å². The Morgan fingerprint density at radius 1 is 1.03 bits per heavy atom. The zero-order valence-corrected chi connectivity index (χ0v) is 21.5. The molecular formula is C24H40F3N3O3. The molecule has 190 valence electrons. The number of nitrogens with one attached hydrogen (secondary N) is 1. The van der Waals surface area contributed by atoms with Crippen molar-refractivity contribution in [3.8, 4) is 5.75 Å². The Kier molecular flexibility index (Phi) is 16.6. The summed E-state index contributed by atoms with van der Waals surface area (Å²) < 4.78 is 49.9. The predicted molar refractivity (Wildman–Crippen MR) is 128 cm³/mol. The molecule has 1 aromatic carbocycles. The normalized spacial score (nSPS) is 12.6. The van der Waals surface area contributed by atoms with E-state index in [4.69, 9.17) is 9.47 Å². The lowest BCUT2D eigenvalue weighted by molar-refractivity contribution is -0.141. The van der Waals surface area contributed by atoms with Crippen molar-refractivity contribution in [3.63, 3.8) is 0 Å². The van der Waals surface area contributed by atoms with Crippen LogP contribution in [0.3, 0.4) is 0 Å². The van der Waals surface area contributed by atoms with E-state index >= 15 is 0 Å². The highest BCUT2D eigenvalue weighted by Gasteiger charge is 2.32. The molecule has 0 bridgehead atoms. The van der Waals surface area contributed by atoms with Crippen molar-refractivity contribution >= 4 is 11.8 Å². The molecule has 0 aliphatic carbocycles. The molecule has 6 nitrogen and oxygen atoms in total. The van der Waals surface area contributed by atoms with Crippen LogP contribution in [0, 0.1) is 0 Å². The third kappa shape index (κ3) is 12.8. The number of benzene rings is 1. The topological polar surface area (TPSA) is 63.2 Å². The maximum atomic E-state index is 13.2. The van der Waals surface area contributed by atoms with Gasteiger partial charge in [0, 0.05) is 17.8 Å². The van der Waals surface area contributed by atoms with Crippen LogP contribution in [0.5, 0.6) is 5.75 Å².